The van der Waals surface area contributed by atoms with Crippen LogP contribution in [0.3, 0.4) is 0 Å². The van der Waals surface area contributed by atoms with Gasteiger partial charge >= 0.3 is 12.1 Å². The molecule has 1 aromatic rings. The third kappa shape index (κ3) is 5.89. The number of carbonyl (C=O) groups is 2. The van der Waals surface area contributed by atoms with Crippen LogP contribution in [0.25, 0.3) is 0 Å². The van der Waals surface area contributed by atoms with Crippen LogP contribution < -0.4 is 10.1 Å². The standard InChI is InChI=1S/C23H33NO7/c1-21(2,3)31-20(27)24-22(4,5)15-6-7-17(19(25)26)18(14-15)30-16-8-10-23(11-9-16)28-12-13-29-23/h6-7,14,16H,8-13H2,1-5H3,(H,24,27)(H,25,26). The molecule has 1 heterocycles. The molecule has 8 nitrogen and oxygen atoms in total. The van der Waals surface area contributed by atoms with Crippen molar-refractivity contribution in [1.29, 1.82) is 0 Å². The maximum Gasteiger partial charge on any atom is 0.408 e. The van der Waals surface area contributed by atoms with Crippen LogP contribution in [0, 0.1) is 0 Å². The molecule has 1 aliphatic carbocycles. The largest absolute Gasteiger partial charge is 0.490 e. The molecule has 1 aliphatic heterocycles. The molecule has 2 N–H and O–H groups in total. The van der Waals surface area contributed by atoms with E-state index < -0.39 is 29.0 Å². The first-order chi connectivity index (χ1) is 14.4. The van der Waals surface area contributed by atoms with Gasteiger partial charge in [-0.1, -0.05) is 6.07 Å². The molecular formula is C23H33NO7. The monoisotopic (exact) mass is 435 g/mol. The summed E-state index contributed by atoms with van der Waals surface area (Å²) in [5.41, 5.74) is -0.606. The Labute approximate surface area is 183 Å². The van der Waals surface area contributed by atoms with E-state index in [-0.39, 0.29) is 11.7 Å². The lowest BCUT2D eigenvalue weighted by Gasteiger charge is -2.35. The summed E-state index contributed by atoms with van der Waals surface area (Å²) in [6.07, 6.45) is 2.17. The van der Waals surface area contributed by atoms with Crippen molar-refractivity contribution in [2.75, 3.05) is 13.2 Å². The van der Waals surface area contributed by atoms with Gasteiger partial charge in [0.05, 0.1) is 24.9 Å². The number of alkyl carbamates (subject to hydrolysis) is 1. The maximum absolute atomic E-state index is 12.3. The SMILES string of the molecule is CC(C)(C)OC(=O)NC(C)(C)c1ccc(C(=O)O)c(OC2CCC3(CC2)OCCO3)c1. The van der Waals surface area contributed by atoms with Crippen molar-refractivity contribution in [3.8, 4) is 5.75 Å². The summed E-state index contributed by atoms with van der Waals surface area (Å²) in [5.74, 6) is -1.27. The Hall–Kier alpha value is -2.32. The van der Waals surface area contributed by atoms with E-state index >= 15 is 0 Å². The molecule has 3 rings (SSSR count). The lowest BCUT2D eigenvalue weighted by Crippen LogP contribution is -2.43. The van der Waals surface area contributed by atoms with Crippen LogP contribution in [0.2, 0.25) is 0 Å². The second-order valence-electron chi connectivity index (χ2n) is 9.69. The average Bonchev–Trinajstić information content (AvgIpc) is 3.09. The molecule has 2 aliphatic rings. The van der Waals surface area contributed by atoms with E-state index in [1.165, 1.54) is 6.07 Å². The van der Waals surface area contributed by atoms with Crippen LogP contribution in [0.5, 0.6) is 5.75 Å². The van der Waals surface area contributed by atoms with Gasteiger partial charge in [-0.25, -0.2) is 9.59 Å². The second-order valence-corrected chi connectivity index (χ2v) is 9.69. The lowest BCUT2D eigenvalue weighted by molar-refractivity contribution is -0.186. The fourth-order valence-corrected chi connectivity index (χ4v) is 3.93. The quantitative estimate of drug-likeness (QED) is 0.714. The molecule has 2 fully saturated rings. The number of benzene rings is 1. The minimum Gasteiger partial charge on any atom is -0.490 e. The van der Waals surface area contributed by atoms with Crippen molar-refractivity contribution < 1.29 is 33.6 Å². The Balaban J connectivity index is 1.74. The van der Waals surface area contributed by atoms with Crippen molar-refractivity contribution in [3.63, 3.8) is 0 Å². The maximum atomic E-state index is 12.3. The van der Waals surface area contributed by atoms with Gasteiger partial charge in [-0.15, -0.1) is 0 Å². The fourth-order valence-electron chi connectivity index (χ4n) is 3.93. The van der Waals surface area contributed by atoms with Gasteiger partial charge in [0.2, 0.25) is 0 Å². The summed E-state index contributed by atoms with van der Waals surface area (Å²) >= 11 is 0. The van der Waals surface area contributed by atoms with Crippen molar-refractivity contribution in [2.45, 2.75) is 83.3 Å². The summed E-state index contributed by atoms with van der Waals surface area (Å²) in [7, 11) is 0. The van der Waals surface area contributed by atoms with E-state index in [1.54, 1.807) is 32.9 Å². The summed E-state index contributed by atoms with van der Waals surface area (Å²) in [5, 5.41) is 12.5. The summed E-state index contributed by atoms with van der Waals surface area (Å²) < 4.78 is 23.0. The molecule has 1 saturated carbocycles. The van der Waals surface area contributed by atoms with Crippen molar-refractivity contribution in [1.82, 2.24) is 5.32 Å². The molecule has 172 valence electrons. The highest BCUT2D eigenvalue weighted by molar-refractivity contribution is 5.91. The van der Waals surface area contributed by atoms with E-state index in [2.05, 4.69) is 5.32 Å². The first kappa shape index (κ1) is 23.3. The van der Waals surface area contributed by atoms with Crippen LogP contribution in [-0.4, -0.2) is 47.9 Å². The van der Waals surface area contributed by atoms with Crippen LogP contribution in [-0.2, 0) is 19.7 Å². The van der Waals surface area contributed by atoms with Crippen LogP contribution in [0.15, 0.2) is 18.2 Å². The minimum absolute atomic E-state index is 0.0884. The van der Waals surface area contributed by atoms with E-state index in [0.717, 1.165) is 0 Å². The van der Waals surface area contributed by atoms with Gasteiger partial charge in [0.15, 0.2) is 5.79 Å². The first-order valence-electron chi connectivity index (χ1n) is 10.7. The smallest absolute Gasteiger partial charge is 0.408 e. The Bertz CT molecular complexity index is 812. The van der Waals surface area contributed by atoms with Gasteiger partial charge in [0.25, 0.3) is 0 Å². The number of rotatable bonds is 5. The van der Waals surface area contributed by atoms with Gasteiger partial charge in [0.1, 0.15) is 16.9 Å². The minimum atomic E-state index is -1.06. The lowest BCUT2D eigenvalue weighted by atomic mass is 9.91. The molecule has 0 bridgehead atoms. The molecular weight excluding hydrogens is 402 g/mol. The average molecular weight is 436 g/mol. The fraction of sp³-hybridized carbons (Fsp3) is 0.652. The molecule has 31 heavy (non-hydrogen) atoms. The number of hydrogen-bond donors (Lipinski definition) is 2. The number of ether oxygens (including phenoxy) is 4. The number of nitrogens with one attached hydrogen (secondary N) is 1. The molecule has 1 amide bonds. The van der Waals surface area contributed by atoms with Crippen LogP contribution in [0.1, 0.15) is 76.2 Å². The Kier molecular flexibility index (Phi) is 6.53. The first-order valence-corrected chi connectivity index (χ1v) is 10.7. The molecule has 8 heteroatoms. The summed E-state index contributed by atoms with van der Waals surface area (Å²) in [6, 6.07) is 4.89. The third-order valence-corrected chi connectivity index (χ3v) is 5.55. The van der Waals surface area contributed by atoms with Crippen molar-refractivity contribution >= 4 is 12.1 Å². The zero-order valence-electron chi connectivity index (χ0n) is 18.9. The Morgan fingerprint density at radius 2 is 1.71 bits per heavy atom. The molecule has 1 aromatic carbocycles. The van der Waals surface area contributed by atoms with E-state index in [9.17, 15) is 14.7 Å². The molecule has 0 aromatic heterocycles. The third-order valence-electron chi connectivity index (χ3n) is 5.55. The van der Waals surface area contributed by atoms with Gasteiger partial charge in [0, 0.05) is 12.8 Å². The van der Waals surface area contributed by atoms with Crippen LogP contribution >= 0.6 is 0 Å². The number of amides is 1. The molecule has 0 radical (unpaired) electrons. The van der Waals surface area contributed by atoms with Gasteiger partial charge in [-0.05, 0) is 65.2 Å². The highest BCUT2D eigenvalue weighted by Crippen LogP contribution is 2.38. The number of carbonyl (C=O) groups excluding carboxylic acids is 1. The Morgan fingerprint density at radius 1 is 1.10 bits per heavy atom. The zero-order chi connectivity index (χ0) is 22.9. The number of carboxylic acids is 1. The van der Waals surface area contributed by atoms with Gasteiger partial charge in [-0.3, -0.25) is 0 Å². The normalized spacial score (nSPS) is 19.3. The molecule has 0 atom stereocenters. The van der Waals surface area contributed by atoms with Gasteiger partial charge in [-0.2, -0.15) is 0 Å². The highest BCUT2D eigenvalue weighted by atomic mass is 16.7. The second kappa shape index (κ2) is 8.67. The Morgan fingerprint density at radius 3 is 2.26 bits per heavy atom. The molecule has 0 unspecified atom stereocenters. The van der Waals surface area contributed by atoms with E-state index in [1.807, 2.05) is 13.8 Å². The molecule has 1 spiro atoms. The van der Waals surface area contributed by atoms with Gasteiger partial charge < -0.3 is 29.4 Å². The topological polar surface area (TPSA) is 103 Å². The van der Waals surface area contributed by atoms with E-state index in [4.69, 9.17) is 18.9 Å². The van der Waals surface area contributed by atoms with Crippen molar-refractivity contribution in [2.24, 2.45) is 0 Å². The molecule has 1 saturated heterocycles. The predicted octanol–water partition coefficient (Wildman–Crippen LogP) is 4.21. The number of hydrogen-bond acceptors (Lipinski definition) is 6. The van der Waals surface area contributed by atoms with Crippen molar-refractivity contribution in [3.05, 3.63) is 29.3 Å². The van der Waals surface area contributed by atoms with E-state index in [0.29, 0.717) is 50.2 Å². The predicted molar refractivity (Wildman–Crippen MR) is 113 cm³/mol. The summed E-state index contributed by atoms with van der Waals surface area (Å²) in [6.45, 7) is 10.3. The zero-order valence-corrected chi connectivity index (χ0v) is 18.9. The number of carboxylic acid groups (broad SMARTS) is 1. The highest BCUT2D eigenvalue weighted by Gasteiger charge is 2.41. The summed E-state index contributed by atoms with van der Waals surface area (Å²) in [4.78, 5) is 24.0. The van der Waals surface area contributed by atoms with Crippen LogP contribution in [0.4, 0.5) is 4.79 Å². The number of aromatic carboxylic acids is 1.